The zero-order chi connectivity index (χ0) is 96.5. The van der Waals surface area contributed by atoms with Crippen molar-refractivity contribution < 1.29 is 105 Å². The van der Waals surface area contributed by atoms with Crippen molar-refractivity contribution in [3.63, 3.8) is 0 Å². The predicted octanol–water partition coefficient (Wildman–Crippen LogP) is 2.35. The minimum Gasteiger partial charge on any atom is -0.508 e. The molecule has 13 atom stereocenters. The zero-order valence-corrected chi connectivity index (χ0v) is 75.4. The number of carboxylic acid groups (broad SMARTS) is 1. The van der Waals surface area contributed by atoms with Crippen LogP contribution in [-0.2, 0) is 115 Å². The molecule has 39 heteroatoms. The van der Waals surface area contributed by atoms with Crippen LogP contribution in [0.5, 0.6) is 11.5 Å². The van der Waals surface area contributed by atoms with Gasteiger partial charge in [-0.25, -0.2) is 13.2 Å². The number of hydrogen-bond donors (Lipinski definition) is 14. The quantitative estimate of drug-likeness (QED) is 0.0487. The number of nitrogens with one attached hydrogen (secondary N) is 10. The lowest BCUT2D eigenvalue weighted by atomic mass is 9.98. The standard InChI is InChI=1S/C92H113F3N16O19S/c1-49(2)35-66-83(121)105-72(82(120)98-46-75(96)114)47-131-48-76(115)99-70(40-58-36-63(93)78(95)64(94)37-58)90(128)111(12)74(42-55-23-17-14-18-24-55)91(129)109(10)53(7)88(126)107(8)51(5)80(118)101-69(44-77(116)117)86(124)106-79(50(3)4)92(130)110(11)73(41-54-21-15-13-16-22-54)87(125)104-71(39-57-29-33-61(113)34-30-57)89(127)108(9)52(6)81(119)100-68(43-59-45-97-65-26-20-19-25-62(59)65)85(123)103-67(84(122)102-66)38-56-27-31-60(112)32-28-56/h13-34,36-37,45,49-53,66-74,79,97,112-113H,35,38-44,46-48H2,1-12H3,(H2,96,114)(H,98,120)(H,99,115)(H,100,119)(H,101,118)(H,102,122)(H,103,123)(H,104,125)(H,105,121)(H,106,124)(H,116,117)/t51-,52-,53+,66+,67+,68+,69+,70+,71+,72+,73+,74+,79+/m1/s1. The molecule has 1 saturated heterocycles. The van der Waals surface area contributed by atoms with E-state index in [0.29, 0.717) is 62.6 Å². The number of halogens is 3. The molecule has 131 heavy (non-hydrogen) atoms. The molecule has 0 spiro atoms. The van der Waals surface area contributed by atoms with E-state index in [9.17, 15) is 58.1 Å². The number of hydrogen-bond acceptors (Lipinski definition) is 19. The average molecular weight is 1840 g/mol. The summed E-state index contributed by atoms with van der Waals surface area (Å²) in [6, 6.07) is 14.2. The first-order chi connectivity index (χ1) is 61.9. The summed E-state index contributed by atoms with van der Waals surface area (Å²) in [5, 5.41) is 54.9. The number of likely N-dealkylation sites (N-methyl/N-ethyl adjacent to an activating group) is 5. The maximum Gasteiger partial charge on any atom is 0.305 e. The number of aromatic hydroxyl groups is 2. The summed E-state index contributed by atoms with van der Waals surface area (Å²) in [6.07, 6.45) is -1.98. The number of phenols is 2. The number of benzene rings is 6. The highest BCUT2D eigenvalue weighted by molar-refractivity contribution is 8.00. The molecule has 0 aliphatic carbocycles. The molecule has 15 amide bonds. The molecule has 1 aliphatic heterocycles. The van der Waals surface area contributed by atoms with Crippen LogP contribution in [0.1, 0.15) is 94.7 Å². The first kappa shape index (κ1) is 103. The van der Waals surface area contributed by atoms with Gasteiger partial charge in [-0.15, -0.1) is 11.8 Å². The van der Waals surface area contributed by atoms with Crippen LogP contribution in [-0.4, -0.2) is 271 Å². The van der Waals surface area contributed by atoms with Gasteiger partial charge >= 0.3 is 5.97 Å². The molecule has 0 bridgehead atoms. The predicted molar refractivity (Wildman–Crippen MR) is 477 cm³/mol. The van der Waals surface area contributed by atoms with Gasteiger partial charge in [0, 0.05) is 96.6 Å². The molecular weight excluding hydrogens is 1720 g/mol. The minimum absolute atomic E-state index is 0.158. The Balaban J connectivity index is 1.23. The summed E-state index contributed by atoms with van der Waals surface area (Å²) in [7, 11) is 6.01. The molecular formula is C92H113F3N16O19S. The molecule has 0 radical (unpaired) electrons. The number of carbonyl (C=O) groups excluding carboxylic acids is 15. The second-order valence-electron chi connectivity index (χ2n) is 33.2. The number of aromatic amines is 1. The van der Waals surface area contributed by atoms with Crippen LogP contribution < -0.4 is 53.6 Å². The number of H-pyrrole nitrogens is 1. The topological polar surface area (TPSA) is 500 Å². The summed E-state index contributed by atoms with van der Waals surface area (Å²) >= 11 is 0.660. The molecule has 702 valence electrons. The van der Waals surface area contributed by atoms with Crippen molar-refractivity contribution in [1.82, 2.24) is 77.3 Å². The highest BCUT2D eigenvalue weighted by Gasteiger charge is 2.43. The fraction of sp³-hybridized carbons (Fsp3) is 0.413. The van der Waals surface area contributed by atoms with E-state index in [1.165, 1.54) is 104 Å². The normalized spacial score (nSPS) is 22.9. The van der Waals surface area contributed by atoms with Gasteiger partial charge in [-0.1, -0.05) is 131 Å². The number of para-hydroxylation sites is 1. The first-order valence-electron chi connectivity index (χ1n) is 42.3. The molecule has 1 aromatic heterocycles. The zero-order valence-electron chi connectivity index (χ0n) is 74.6. The number of fused-ring (bicyclic) bond motifs is 1. The van der Waals surface area contributed by atoms with Crippen LogP contribution in [0.4, 0.5) is 13.2 Å². The van der Waals surface area contributed by atoms with Gasteiger partial charge in [0.05, 0.1) is 18.7 Å². The van der Waals surface area contributed by atoms with Crippen LogP contribution in [0, 0.1) is 29.3 Å². The summed E-state index contributed by atoms with van der Waals surface area (Å²) in [5.74, 6) is -24.9. The van der Waals surface area contributed by atoms with E-state index in [1.54, 1.807) is 105 Å². The number of thioether (sulfide) groups is 1. The lowest BCUT2D eigenvalue weighted by molar-refractivity contribution is -0.151. The first-order valence-corrected chi connectivity index (χ1v) is 43.5. The van der Waals surface area contributed by atoms with E-state index in [0.717, 1.165) is 38.6 Å². The minimum atomic E-state index is -1.98. The highest BCUT2D eigenvalue weighted by Crippen LogP contribution is 2.25. The van der Waals surface area contributed by atoms with E-state index in [-0.39, 0.29) is 55.6 Å². The molecule has 8 rings (SSSR count). The number of phenolic OH excluding ortho intramolecular Hbond substituents is 2. The second-order valence-corrected chi connectivity index (χ2v) is 34.2. The number of carbonyl (C=O) groups is 16. The number of amides is 15. The molecule has 0 saturated carbocycles. The van der Waals surface area contributed by atoms with Crippen LogP contribution in [0.25, 0.3) is 10.9 Å². The Kier molecular flexibility index (Phi) is 37.1. The Morgan fingerprint density at radius 2 is 0.893 bits per heavy atom. The Labute approximate surface area is 759 Å². The molecule has 7 aromatic rings. The van der Waals surface area contributed by atoms with Crippen molar-refractivity contribution in [3.8, 4) is 11.5 Å². The molecule has 0 unspecified atom stereocenters. The summed E-state index contributed by atoms with van der Waals surface area (Å²) in [5.41, 5.74) is 7.79. The third-order valence-corrected chi connectivity index (χ3v) is 23.7. The molecule has 35 nitrogen and oxygen atoms in total. The number of nitrogens with zero attached hydrogens (tertiary/aromatic N) is 5. The van der Waals surface area contributed by atoms with Crippen molar-refractivity contribution in [2.24, 2.45) is 17.6 Å². The number of aromatic nitrogens is 1. The average Bonchev–Trinajstić information content (AvgIpc) is 1.45. The monoisotopic (exact) mass is 1830 g/mol. The Bertz CT molecular complexity index is 5270. The number of primary amides is 1. The van der Waals surface area contributed by atoms with Crippen LogP contribution in [0.3, 0.4) is 0 Å². The summed E-state index contributed by atoms with van der Waals surface area (Å²) in [6.45, 7) is 9.49. The lowest BCUT2D eigenvalue weighted by Gasteiger charge is -2.36. The maximum atomic E-state index is 15.5. The Morgan fingerprint density at radius 1 is 0.458 bits per heavy atom. The van der Waals surface area contributed by atoms with E-state index in [1.807, 2.05) is 0 Å². The van der Waals surface area contributed by atoms with E-state index < -0.39 is 233 Å². The number of carboxylic acids is 1. The summed E-state index contributed by atoms with van der Waals surface area (Å²) < 4.78 is 44.8. The number of nitrogens with two attached hydrogens (primary N) is 1. The van der Waals surface area contributed by atoms with E-state index in [4.69, 9.17) is 5.73 Å². The molecule has 2 heterocycles. The van der Waals surface area contributed by atoms with Crippen LogP contribution in [0.2, 0.25) is 0 Å². The maximum absolute atomic E-state index is 15.5. The fourth-order valence-corrected chi connectivity index (χ4v) is 15.5. The van der Waals surface area contributed by atoms with Gasteiger partial charge in [0.25, 0.3) is 0 Å². The van der Waals surface area contributed by atoms with Crippen molar-refractivity contribution >= 4 is 117 Å². The molecule has 1 aliphatic rings. The number of aliphatic carboxylic acids is 1. The van der Waals surface area contributed by atoms with E-state index in [2.05, 4.69) is 52.8 Å². The molecule has 1 fully saturated rings. The largest absolute Gasteiger partial charge is 0.508 e. The van der Waals surface area contributed by atoms with Gasteiger partial charge in [0.1, 0.15) is 90.0 Å². The smallest absolute Gasteiger partial charge is 0.305 e. The van der Waals surface area contributed by atoms with Crippen molar-refractivity contribution in [2.75, 3.05) is 53.3 Å². The SMILES string of the molecule is CC(C)C[C@@H]1NC(=O)[C@H](Cc2ccc(O)cc2)NC(=O)[C@H](Cc2c[nH]c3ccccc23)NC(=O)[C@@H](C)N(C)C(=O)[C@H](Cc2ccc(O)cc2)NC(=O)[C@H](Cc2ccccc2)N(C)C(=O)[C@H](C(C)C)NC(=O)[C@H](CC(=O)O)NC(=O)[C@@H](C)N(C)C(=O)[C@H](C)N(C)C(=O)[C@H](Cc2ccccc2)N(C)C(=O)[C@H](Cc2cc(F)c(F)c(F)c2)NC(=O)CSC[C@@H](C(=O)NCC(N)=O)NC1=O. The molecule has 15 N–H and O–H groups in total. The van der Waals surface area contributed by atoms with Gasteiger partial charge < -0.3 is 98.4 Å². The van der Waals surface area contributed by atoms with Gasteiger partial charge in [0.15, 0.2) is 17.5 Å². The third-order valence-electron chi connectivity index (χ3n) is 22.7. The molecule has 6 aromatic carbocycles. The highest BCUT2D eigenvalue weighted by atomic mass is 32.2. The van der Waals surface area contributed by atoms with Gasteiger partial charge in [-0.3, -0.25) is 76.7 Å². The third kappa shape index (κ3) is 28.8. The summed E-state index contributed by atoms with van der Waals surface area (Å²) in [4.78, 5) is 243. The van der Waals surface area contributed by atoms with E-state index >= 15 is 47.1 Å². The lowest BCUT2D eigenvalue weighted by Crippen LogP contribution is -2.62. The van der Waals surface area contributed by atoms with Crippen LogP contribution >= 0.6 is 11.8 Å². The van der Waals surface area contributed by atoms with Gasteiger partial charge in [0.2, 0.25) is 88.6 Å². The number of rotatable bonds is 20. The fourth-order valence-electron chi connectivity index (χ4n) is 14.7. The Morgan fingerprint density at radius 3 is 1.44 bits per heavy atom. The van der Waals surface area contributed by atoms with Gasteiger partial charge in [-0.2, -0.15) is 0 Å². The van der Waals surface area contributed by atoms with Crippen molar-refractivity contribution in [3.05, 3.63) is 203 Å². The van der Waals surface area contributed by atoms with Gasteiger partial charge in [-0.05, 0) is 115 Å². The van der Waals surface area contributed by atoms with Crippen molar-refractivity contribution in [2.45, 2.75) is 178 Å². The second kappa shape index (κ2) is 47.4. The Hall–Kier alpha value is -13.9. The van der Waals surface area contributed by atoms with Crippen LogP contribution in [0.15, 0.2) is 152 Å². The van der Waals surface area contributed by atoms with Crippen molar-refractivity contribution in [1.29, 1.82) is 0 Å².